The van der Waals surface area contributed by atoms with E-state index in [2.05, 4.69) is 48.2 Å². The van der Waals surface area contributed by atoms with Gasteiger partial charge in [0.15, 0.2) is 0 Å². The fourth-order valence-corrected chi connectivity index (χ4v) is 6.74. The number of carbonyl (C=O) groups is 1. The third-order valence-corrected chi connectivity index (χ3v) is 7.98. The van der Waals surface area contributed by atoms with Gasteiger partial charge in [-0.25, -0.2) is 0 Å². The highest BCUT2D eigenvalue weighted by Gasteiger charge is 2.46. The molecule has 3 rings (SSSR count). The highest BCUT2D eigenvalue weighted by atomic mass is 32.2. The summed E-state index contributed by atoms with van der Waals surface area (Å²) in [7, 11) is 0. The summed E-state index contributed by atoms with van der Waals surface area (Å²) in [6, 6.07) is 10.4. The first kappa shape index (κ1) is 21.4. The zero-order valence-electron chi connectivity index (χ0n) is 16.8. The van der Waals surface area contributed by atoms with Crippen LogP contribution in [0.5, 0.6) is 0 Å². The Kier molecular flexibility index (Phi) is 8.94. The van der Waals surface area contributed by atoms with Gasteiger partial charge in [0.05, 0.1) is 6.61 Å². The molecule has 0 aromatic heterocycles. The van der Waals surface area contributed by atoms with E-state index in [0.717, 1.165) is 54.8 Å². The largest absolute Gasteiger partial charge is 0.481 e. The summed E-state index contributed by atoms with van der Waals surface area (Å²) in [5.74, 6) is 0.997. The second kappa shape index (κ2) is 11.7. The van der Waals surface area contributed by atoms with Gasteiger partial charge in [0.25, 0.3) is 0 Å². The van der Waals surface area contributed by atoms with E-state index in [-0.39, 0.29) is 6.42 Å². The molecule has 2 saturated heterocycles. The van der Waals surface area contributed by atoms with E-state index < -0.39 is 5.97 Å². The van der Waals surface area contributed by atoms with Gasteiger partial charge < -0.3 is 9.84 Å². The standard InChI is InChI=1S/C24H34O3S/c25-24(26)14-7-2-1-6-12-20-21(23-16-15-22(20)28-23)13-8-9-17-27-18-19-10-4-3-5-11-19/h1,3-6,10-11,20-23H,2,7-9,12-18H2,(H,25,26)/t20-,21+,22-,23+/m1/s1. The van der Waals surface area contributed by atoms with Crippen LogP contribution in [0.25, 0.3) is 0 Å². The summed E-state index contributed by atoms with van der Waals surface area (Å²) < 4.78 is 5.83. The number of fused-ring (bicyclic) bond motifs is 2. The molecule has 0 saturated carbocycles. The maximum Gasteiger partial charge on any atom is 0.303 e. The Hall–Kier alpha value is -1.26. The molecule has 4 heteroatoms. The highest BCUT2D eigenvalue weighted by Crippen LogP contribution is 2.55. The van der Waals surface area contributed by atoms with Crippen LogP contribution >= 0.6 is 11.8 Å². The van der Waals surface area contributed by atoms with Crippen LogP contribution in [0.2, 0.25) is 0 Å². The number of hydrogen-bond acceptors (Lipinski definition) is 3. The number of carboxylic acids is 1. The number of hydrogen-bond donors (Lipinski definition) is 1. The molecule has 0 unspecified atom stereocenters. The molecule has 2 heterocycles. The summed E-state index contributed by atoms with van der Waals surface area (Å²) in [5, 5.41) is 10.4. The number of ether oxygens (including phenoxy) is 1. The van der Waals surface area contributed by atoms with Gasteiger partial charge in [0.1, 0.15) is 0 Å². The molecule has 4 atom stereocenters. The maximum absolute atomic E-state index is 10.6. The van der Waals surface area contributed by atoms with E-state index in [1.165, 1.54) is 37.7 Å². The fraction of sp³-hybridized carbons (Fsp3) is 0.625. The molecule has 3 nitrogen and oxygen atoms in total. The Morgan fingerprint density at radius 2 is 1.86 bits per heavy atom. The van der Waals surface area contributed by atoms with Crippen molar-refractivity contribution in [2.75, 3.05) is 6.61 Å². The minimum atomic E-state index is -0.689. The lowest BCUT2D eigenvalue weighted by molar-refractivity contribution is -0.137. The minimum absolute atomic E-state index is 0.281. The number of thioether (sulfide) groups is 1. The molecule has 2 aliphatic heterocycles. The Balaban J connectivity index is 1.31. The summed E-state index contributed by atoms with van der Waals surface area (Å²) >= 11 is 2.24. The van der Waals surface area contributed by atoms with Crippen molar-refractivity contribution in [3.05, 3.63) is 48.0 Å². The Morgan fingerprint density at radius 3 is 2.64 bits per heavy atom. The molecule has 0 aliphatic carbocycles. The van der Waals surface area contributed by atoms with Crippen molar-refractivity contribution in [3.63, 3.8) is 0 Å². The molecule has 2 fully saturated rings. The van der Waals surface area contributed by atoms with Gasteiger partial charge in [-0.1, -0.05) is 48.9 Å². The van der Waals surface area contributed by atoms with Crippen molar-refractivity contribution in [1.29, 1.82) is 0 Å². The van der Waals surface area contributed by atoms with Crippen molar-refractivity contribution in [3.8, 4) is 0 Å². The molecule has 2 bridgehead atoms. The molecule has 0 spiro atoms. The number of benzene rings is 1. The fourth-order valence-electron chi connectivity index (χ4n) is 4.69. The molecule has 0 radical (unpaired) electrons. The van der Waals surface area contributed by atoms with Crippen molar-refractivity contribution in [1.82, 2.24) is 0 Å². The van der Waals surface area contributed by atoms with Crippen LogP contribution in [0, 0.1) is 11.8 Å². The molecule has 1 aromatic rings. The second-order valence-corrected chi connectivity index (χ2v) is 9.63. The third-order valence-electron chi connectivity index (χ3n) is 6.11. The first-order valence-corrected chi connectivity index (χ1v) is 11.8. The number of carboxylic acid groups (broad SMARTS) is 1. The van der Waals surface area contributed by atoms with E-state index in [1.54, 1.807) is 0 Å². The van der Waals surface area contributed by atoms with Crippen LogP contribution in [-0.4, -0.2) is 28.2 Å². The summed E-state index contributed by atoms with van der Waals surface area (Å²) in [5.41, 5.74) is 1.25. The Morgan fingerprint density at radius 1 is 1.07 bits per heavy atom. The molecule has 28 heavy (non-hydrogen) atoms. The average Bonchev–Trinajstić information content (AvgIpc) is 3.30. The van der Waals surface area contributed by atoms with Crippen LogP contribution in [0.1, 0.15) is 63.4 Å². The van der Waals surface area contributed by atoms with Crippen molar-refractivity contribution >= 4 is 17.7 Å². The van der Waals surface area contributed by atoms with Gasteiger partial charge in [-0.2, -0.15) is 11.8 Å². The summed E-state index contributed by atoms with van der Waals surface area (Å²) in [4.78, 5) is 10.6. The smallest absolute Gasteiger partial charge is 0.303 e. The van der Waals surface area contributed by atoms with Crippen molar-refractivity contribution in [2.24, 2.45) is 11.8 Å². The number of rotatable bonds is 13. The SMILES string of the molecule is O=C(O)CCCC=CC[C@@H]1[C@H](CCCCOCc2ccccc2)[C@@H]2CC[C@H]1S2. The predicted molar refractivity (Wildman–Crippen MR) is 117 cm³/mol. The molecular formula is C24H34O3S. The maximum atomic E-state index is 10.6. The second-order valence-electron chi connectivity index (χ2n) is 8.15. The van der Waals surface area contributed by atoms with E-state index >= 15 is 0 Å². The van der Waals surface area contributed by atoms with Gasteiger partial charge in [-0.05, 0) is 62.3 Å². The van der Waals surface area contributed by atoms with Crippen LogP contribution in [-0.2, 0) is 16.1 Å². The van der Waals surface area contributed by atoms with Gasteiger partial charge in [-0.15, -0.1) is 0 Å². The number of unbranched alkanes of at least 4 members (excludes halogenated alkanes) is 2. The molecule has 2 aliphatic rings. The predicted octanol–water partition coefficient (Wildman–Crippen LogP) is 6.08. The first-order valence-electron chi connectivity index (χ1n) is 10.9. The lowest BCUT2D eigenvalue weighted by atomic mass is 9.75. The highest BCUT2D eigenvalue weighted by molar-refractivity contribution is 8.01. The summed E-state index contributed by atoms with van der Waals surface area (Å²) in [6.07, 6.45) is 14.2. The summed E-state index contributed by atoms with van der Waals surface area (Å²) in [6.45, 7) is 1.58. The Bertz CT molecular complexity index is 616. The Labute approximate surface area is 173 Å². The van der Waals surface area contributed by atoms with E-state index in [0.29, 0.717) is 0 Å². The van der Waals surface area contributed by atoms with Gasteiger partial charge in [0.2, 0.25) is 0 Å². The number of aliphatic carboxylic acids is 1. The normalized spacial score (nSPS) is 26.3. The van der Waals surface area contributed by atoms with E-state index in [9.17, 15) is 4.79 Å². The lowest BCUT2D eigenvalue weighted by Gasteiger charge is -2.29. The lowest BCUT2D eigenvalue weighted by Crippen LogP contribution is -2.26. The van der Waals surface area contributed by atoms with Crippen molar-refractivity contribution < 1.29 is 14.6 Å². The molecule has 0 amide bonds. The number of allylic oxidation sites excluding steroid dienone is 2. The molecule has 1 aromatic carbocycles. The average molecular weight is 403 g/mol. The first-order chi connectivity index (χ1) is 13.7. The van der Waals surface area contributed by atoms with Crippen LogP contribution in [0.15, 0.2) is 42.5 Å². The third kappa shape index (κ3) is 6.66. The van der Waals surface area contributed by atoms with E-state index in [1.807, 2.05) is 6.07 Å². The van der Waals surface area contributed by atoms with Gasteiger partial charge >= 0.3 is 5.97 Å². The monoisotopic (exact) mass is 402 g/mol. The van der Waals surface area contributed by atoms with E-state index in [4.69, 9.17) is 9.84 Å². The van der Waals surface area contributed by atoms with Crippen LogP contribution in [0.4, 0.5) is 0 Å². The quantitative estimate of drug-likeness (QED) is 0.320. The molecule has 154 valence electrons. The van der Waals surface area contributed by atoms with Gasteiger partial charge in [0, 0.05) is 23.5 Å². The minimum Gasteiger partial charge on any atom is -0.481 e. The van der Waals surface area contributed by atoms with Crippen molar-refractivity contribution in [2.45, 2.75) is 74.9 Å². The van der Waals surface area contributed by atoms with Crippen LogP contribution < -0.4 is 0 Å². The topological polar surface area (TPSA) is 46.5 Å². The van der Waals surface area contributed by atoms with Gasteiger partial charge in [-0.3, -0.25) is 4.79 Å². The molecular weight excluding hydrogens is 368 g/mol. The molecule has 1 N–H and O–H groups in total. The van der Waals surface area contributed by atoms with Crippen LogP contribution in [0.3, 0.4) is 0 Å². The zero-order valence-corrected chi connectivity index (χ0v) is 17.6. The zero-order chi connectivity index (χ0) is 19.6.